The molecule has 2 nitrogen and oxygen atoms in total. The number of alkyl halides is 1. The van der Waals surface area contributed by atoms with Crippen molar-refractivity contribution in [3.8, 4) is 0 Å². The number of rotatable bonds is 5. The van der Waals surface area contributed by atoms with Crippen LogP contribution in [0.3, 0.4) is 0 Å². The Kier molecular flexibility index (Phi) is 5.28. The lowest BCUT2D eigenvalue weighted by atomic mass is 9.90. The van der Waals surface area contributed by atoms with Gasteiger partial charge in [0.25, 0.3) is 5.91 Å². The molecule has 0 bridgehead atoms. The lowest BCUT2D eigenvalue weighted by Crippen LogP contribution is -2.34. The third-order valence-corrected chi connectivity index (χ3v) is 4.02. The monoisotopic (exact) mass is 323 g/mol. The summed E-state index contributed by atoms with van der Waals surface area (Å²) in [6.45, 7) is 4.84. The molecule has 1 N–H and O–H groups in total. The van der Waals surface area contributed by atoms with E-state index in [4.69, 9.17) is 11.6 Å². The van der Waals surface area contributed by atoms with E-state index in [-0.39, 0.29) is 11.3 Å². The molecular weight excluding hydrogens is 310 g/mol. The number of carbonyl (C=O) groups is 1. The standard InChI is InChI=1S/C11H15BrClNOS/c1-11(2,3-4-13)7-14-10(15)8-5-9(12)16-6-8/h5-6H,3-4,7H2,1-2H3,(H,14,15). The summed E-state index contributed by atoms with van der Waals surface area (Å²) >= 11 is 10.6. The predicted octanol–water partition coefficient (Wildman–Crippen LogP) is 3.90. The largest absolute Gasteiger partial charge is 0.351 e. The van der Waals surface area contributed by atoms with Crippen molar-refractivity contribution in [2.75, 3.05) is 12.4 Å². The Labute approximate surface area is 114 Å². The molecular formula is C11H15BrClNOS. The maximum Gasteiger partial charge on any atom is 0.252 e. The number of hydrogen-bond acceptors (Lipinski definition) is 2. The second-order valence-electron chi connectivity index (χ2n) is 4.43. The average Bonchev–Trinajstić information content (AvgIpc) is 2.61. The van der Waals surface area contributed by atoms with Gasteiger partial charge in [-0.3, -0.25) is 4.79 Å². The average molecular weight is 325 g/mol. The van der Waals surface area contributed by atoms with Gasteiger partial charge in [0, 0.05) is 17.8 Å². The summed E-state index contributed by atoms with van der Waals surface area (Å²) in [6.07, 6.45) is 0.891. The highest BCUT2D eigenvalue weighted by atomic mass is 79.9. The molecule has 0 fully saturated rings. The molecule has 1 heterocycles. The Morgan fingerprint density at radius 2 is 2.31 bits per heavy atom. The van der Waals surface area contributed by atoms with E-state index in [0.717, 1.165) is 10.2 Å². The van der Waals surface area contributed by atoms with Gasteiger partial charge < -0.3 is 5.32 Å². The molecule has 0 saturated carbocycles. The molecule has 1 rings (SSSR count). The number of halogens is 2. The number of thiophene rings is 1. The van der Waals surface area contributed by atoms with E-state index in [0.29, 0.717) is 18.0 Å². The topological polar surface area (TPSA) is 29.1 Å². The van der Waals surface area contributed by atoms with E-state index in [1.165, 1.54) is 11.3 Å². The molecule has 0 aliphatic carbocycles. The zero-order chi connectivity index (χ0) is 12.2. The van der Waals surface area contributed by atoms with Gasteiger partial charge in [-0.05, 0) is 33.8 Å². The van der Waals surface area contributed by atoms with Gasteiger partial charge in [-0.2, -0.15) is 0 Å². The predicted molar refractivity (Wildman–Crippen MR) is 73.5 cm³/mol. The van der Waals surface area contributed by atoms with Gasteiger partial charge in [0.2, 0.25) is 0 Å². The minimum absolute atomic E-state index is 0.0235. The number of hydrogen-bond donors (Lipinski definition) is 1. The first-order valence-corrected chi connectivity index (χ1v) is 7.23. The van der Waals surface area contributed by atoms with Crippen LogP contribution < -0.4 is 5.32 Å². The highest BCUT2D eigenvalue weighted by Gasteiger charge is 2.18. The molecule has 5 heteroatoms. The normalized spacial score (nSPS) is 11.5. The molecule has 16 heavy (non-hydrogen) atoms. The summed E-state index contributed by atoms with van der Waals surface area (Å²) in [5, 5.41) is 4.77. The zero-order valence-electron chi connectivity index (χ0n) is 9.35. The first kappa shape index (κ1) is 14.0. The van der Waals surface area contributed by atoms with Gasteiger partial charge in [0.15, 0.2) is 0 Å². The van der Waals surface area contributed by atoms with E-state index in [1.807, 2.05) is 11.4 Å². The van der Waals surface area contributed by atoms with Crippen molar-refractivity contribution in [1.82, 2.24) is 5.32 Å². The minimum Gasteiger partial charge on any atom is -0.351 e. The molecule has 0 aliphatic rings. The van der Waals surface area contributed by atoms with Crippen molar-refractivity contribution in [2.24, 2.45) is 5.41 Å². The van der Waals surface area contributed by atoms with Crippen LogP contribution in [0.1, 0.15) is 30.6 Å². The van der Waals surface area contributed by atoms with Crippen LogP contribution in [0.5, 0.6) is 0 Å². The fourth-order valence-electron chi connectivity index (χ4n) is 1.19. The molecule has 0 saturated heterocycles. The van der Waals surface area contributed by atoms with E-state index < -0.39 is 0 Å². The van der Waals surface area contributed by atoms with Crippen molar-refractivity contribution >= 4 is 44.8 Å². The maximum atomic E-state index is 11.8. The first-order chi connectivity index (χ1) is 7.44. The molecule has 0 spiro atoms. The number of carbonyl (C=O) groups excluding carboxylic acids is 1. The van der Waals surface area contributed by atoms with Crippen molar-refractivity contribution in [1.29, 1.82) is 0 Å². The van der Waals surface area contributed by atoms with Gasteiger partial charge in [-0.15, -0.1) is 22.9 Å². The van der Waals surface area contributed by atoms with E-state index in [1.54, 1.807) is 0 Å². The minimum atomic E-state index is -0.0235. The summed E-state index contributed by atoms with van der Waals surface area (Å²) in [5.74, 6) is 0.594. The molecule has 1 aromatic heterocycles. The summed E-state index contributed by atoms with van der Waals surface area (Å²) in [4.78, 5) is 11.8. The SMILES string of the molecule is CC(C)(CCCl)CNC(=O)c1csc(Br)c1. The number of nitrogens with one attached hydrogen (secondary N) is 1. The van der Waals surface area contributed by atoms with Crippen LogP contribution >= 0.6 is 38.9 Å². The van der Waals surface area contributed by atoms with Crippen molar-refractivity contribution in [3.05, 3.63) is 20.8 Å². The first-order valence-electron chi connectivity index (χ1n) is 5.03. The van der Waals surface area contributed by atoms with Crippen LogP contribution in [-0.2, 0) is 0 Å². The van der Waals surface area contributed by atoms with Gasteiger partial charge in [-0.1, -0.05) is 13.8 Å². The molecule has 0 unspecified atom stereocenters. The highest BCUT2D eigenvalue weighted by Crippen LogP contribution is 2.22. The summed E-state index contributed by atoms with van der Waals surface area (Å²) in [6, 6.07) is 1.83. The van der Waals surface area contributed by atoms with Crippen LogP contribution in [0, 0.1) is 5.41 Å². The maximum absolute atomic E-state index is 11.8. The van der Waals surface area contributed by atoms with Crippen LogP contribution in [-0.4, -0.2) is 18.3 Å². The summed E-state index contributed by atoms with van der Waals surface area (Å²) in [5.41, 5.74) is 0.753. The Hall–Kier alpha value is -0.0600. The molecule has 0 atom stereocenters. The molecule has 1 amide bonds. The van der Waals surface area contributed by atoms with Crippen LogP contribution in [0.2, 0.25) is 0 Å². The molecule has 0 radical (unpaired) electrons. The van der Waals surface area contributed by atoms with E-state index in [9.17, 15) is 4.79 Å². The Bertz CT molecular complexity index is 365. The highest BCUT2D eigenvalue weighted by molar-refractivity contribution is 9.11. The molecule has 1 aromatic rings. The van der Waals surface area contributed by atoms with Crippen LogP contribution in [0.25, 0.3) is 0 Å². The second kappa shape index (κ2) is 6.03. The third kappa shape index (κ3) is 4.44. The Morgan fingerprint density at radius 3 is 2.81 bits per heavy atom. The smallest absolute Gasteiger partial charge is 0.252 e. The van der Waals surface area contributed by atoms with Crippen LogP contribution in [0.15, 0.2) is 15.2 Å². The molecule has 90 valence electrons. The van der Waals surface area contributed by atoms with E-state index in [2.05, 4.69) is 35.1 Å². The summed E-state index contributed by atoms with van der Waals surface area (Å²) in [7, 11) is 0. The Balaban J connectivity index is 2.47. The van der Waals surface area contributed by atoms with Gasteiger partial charge >= 0.3 is 0 Å². The molecule has 0 aromatic carbocycles. The third-order valence-electron chi connectivity index (χ3n) is 2.33. The van der Waals surface area contributed by atoms with Crippen molar-refractivity contribution < 1.29 is 4.79 Å². The van der Waals surface area contributed by atoms with Crippen molar-refractivity contribution in [2.45, 2.75) is 20.3 Å². The Morgan fingerprint density at radius 1 is 1.62 bits per heavy atom. The lowest BCUT2D eigenvalue weighted by molar-refractivity contribution is 0.0936. The van der Waals surface area contributed by atoms with Gasteiger partial charge in [-0.25, -0.2) is 0 Å². The number of amides is 1. The quantitative estimate of drug-likeness (QED) is 0.818. The van der Waals surface area contributed by atoms with Gasteiger partial charge in [0.05, 0.1) is 9.35 Å². The van der Waals surface area contributed by atoms with Crippen LogP contribution in [0.4, 0.5) is 0 Å². The second-order valence-corrected chi connectivity index (χ2v) is 7.09. The van der Waals surface area contributed by atoms with E-state index >= 15 is 0 Å². The zero-order valence-corrected chi connectivity index (χ0v) is 12.5. The van der Waals surface area contributed by atoms with Gasteiger partial charge in [0.1, 0.15) is 0 Å². The lowest BCUT2D eigenvalue weighted by Gasteiger charge is -2.23. The fraction of sp³-hybridized carbons (Fsp3) is 0.545. The fourth-order valence-corrected chi connectivity index (χ4v) is 2.84. The summed E-state index contributed by atoms with van der Waals surface area (Å²) < 4.78 is 0.970. The molecule has 0 aliphatic heterocycles. The van der Waals surface area contributed by atoms with Crippen molar-refractivity contribution in [3.63, 3.8) is 0 Å².